The van der Waals surface area contributed by atoms with Crippen molar-refractivity contribution in [1.82, 2.24) is 24.3 Å². The number of rotatable bonds is 3. The lowest BCUT2D eigenvalue weighted by atomic mass is 9.74. The molecule has 0 atom stereocenters. The van der Waals surface area contributed by atoms with Gasteiger partial charge in [0.1, 0.15) is 11.6 Å². The largest absolute Gasteiger partial charge is 0.507 e. The molecule has 35 heavy (non-hydrogen) atoms. The monoisotopic (exact) mass is 475 g/mol. The molecule has 1 saturated heterocycles. The van der Waals surface area contributed by atoms with Gasteiger partial charge in [-0.3, -0.25) is 9.20 Å². The Morgan fingerprint density at radius 2 is 1.74 bits per heavy atom. The van der Waals surface area contributed by atoms with Crippen LogP contribution in [-0.2, 0) is 7.05 Å². The van der Waals surface area contributed by atoms with Crippen molar-refractivity contribution >= 4 is 5.78 Å². The molecule has 7 nitrogen and oxygen atoms in total. The van der Waals surface area contributed by atoms with Crippen molar-refractivity contribution in [1.29, 1.82) is 0 Å². The number of phenolic OH excluding ortho intramolecular Hbond substituents is 1. The normalized spacial score (nSPS) is 17.7. The Labute approximate surface area is 203 Å². The molecule has 0 spiro atoms. The number of aromatic nitrogens is 4. The standard InChI is InChI=1S/C27H30FN5O2/c1-26(2)13-18(14-27(3,4)31-26)20-7-9-33-15-21(30-25(33)29-20)24-19(28)10-17(11-22(24)34)16-6-8-32(5)23(35)12-16/h6-12,15,18,31,34H,13-14H2,1-5H3. The van der Waals surface area contributed by atoms with E-state index in [-0.39, 0.29) is 33.9 Å². The SMILES string of the molecule is Cn1ccc(-c2cc(O)c(-c3cn4ccc(C5CC(C)(C)NC(C)(C)C5)nc4n3)c(F)c2)cc1=O. The maximum absolute atomic E-state index is 15.2. The van der Waals surface area contributed by atoms with E-state index in [0.717, 1.165) is 18.5 Å². The van der Waals surface area contributed by atoms with Crippen molar-refractivity contribution in [3.05, 3.63) is 70.8 Å². The number of hydrogen-bond acceptors (Lipinski definition) is 5. The highest BCUT2D eigenvalue weighted by atomic mass is 19.1. The molecule has 5 rings (SSSR count). The third-order valence-electron chi connectivity index (χ3n) is 6.72. The van der Waals surface area contributed by atoms with Gasteiger partial charge < -0.3 is 15.0 Å². The first-order chi connectivity index (χ1) is 16.4. The Morgan fingerprint density at radius 3 is 2.40 bits per heavy atom. The van der Waals surface area contributed by atoms with E-state index < -0.39 is 5.82 Å². The maximum atomic E-state index is 15.2. The predicted octanol–water partition coefficient (Wildman–Crippen LogP) is 4.63. The van der Waals surface area contributed by atoms with Gasteiger partial charge in [0.15, 0.2) is 0 Å². The minimum atomic E-state index is -0.619. The Kier molecular flexibility index (Phi) is 5.32. The molecule has 0 bridgehead atoms. The summed E-state index contributed by atoms with van der Waals surface area (Å²) in [6, 6.07) is 7.87. The number of piperidine rings is 1. The highest BCUT2D eigenvalue weighted by molar-refractivity contribution is 5.75. The van der Waals surface area contributed by atoms with Crippen LogP contribution in [-0.4, -0.2) is 35.1 Å². The van der Waals surface area contributed by atoms with Crippen molar-refractivity contribution in [3.8, 4) is 28.1 Å². The molecule has 8 heteroatoms. The molecule has 3 aromatic heterocycles. The van der Waals surface area contributed by atoms with Crippen LogP contribution >= 0.6 is 0 Å². The third-order valence-corrected chi connectivity index (χ3v) is 6.72. The smallest absolute Gasteiger partial charge is 0.250 e. The number of aromatic hydroxyl groups is 1. The van der Waals surface area contributed by atoms with Crippen LogP contribution < -0.4 is 10.9 Å². The molecule has 0 unspecified atom stereocenters. The molecule has 1 fully saturated rings. The summed E-state index contributed by atoms with van der Waals surface area (Å²) < 4.78 is 18.4. The molecule has 0 saturated carbocycles. The van der Waals surface area contributed by atoms with Gasteiger partial charge in [-0.05, 0) is 75.9 Å². The molecular weight excluding hydrogens is 445 g/mol. The summed E-state index contributed by atoms with van der Waals surface area (Å²) in [6.45, 7) is 8.82. The molecule has 4 heterocycles. The van der Waals surface area contributed by atoms with Crippen LogP contribution in [0.1, 0.15) is 52.1 Å². The van der Waals surface area contributed by atoms with Crippen molar-refractivity contribution in [2.24, 2.45) is 7.05 Å². The number of pyridine rings is 1. The molecular formula is C27H30FN5O2. The van der Waals surface area contributed by atoms with E-state index in [1.54, 1.807) is 29.9 Å². The van der Waals surface area contributed by atoms with E-state index in [4.69, 9.17) is 4.98 Å². The number of phenols is 1. The number of benzene rings is 1. The second-order valence-corrected chi connectivity index (χ2v) is 10.9. The molecule has 0 aliphatic carbocycles. The predicted molar refractivity (Wildman–Crippen MR) is 134 cm³/mol. The highest BCUT2D eigenvalue weighted by Crippen LogP contribution is 2.39. The Bertz CT molecular complexity index is 1460. The number of nitrogens with zero attached hydrogens (tertiary/aromatic N) is 4. The van der Waals surface area contributed by atoms with Crippen LogP contribution in [0.5, 0.6) is 5.75 Å². The van der Waals surface area contributed by atoms with E-state index >= 15 is 4.39 Å². The Morgan fingerprint density at radius 1 is 1.03 bits per heavy atom. The van der Waals surface area contributed by atoms with Crippen LogP contribution in [0.2, 0.25) is 0 Å². The van der Waals surface area contributed by atoms with Crippen LogP contribution in [0.3, 0.4) is 0 Å². The Balaban J connectivity index is 1.51. The molecule has 1 aromatic carbocycles. The summed E-state index contributed by atoms with van der Waals surface area (Å²) >= 11 is 0. The van der Waals surface area contributed by atoms with E-state index in [9.17, 15) is 9.90 Å². The zero-order valence-corrected chi connectivity index (χ0v) is 20.6. The highest BCUT2D eigenvalue weighted by Gasteiger charge is 2.38. The second kappa shape index (κ2) is 8.02. The first-order valence-electron chi connectivity index (χ1n) is 11.8. The summed E-state index contributed by atoms with van der Waals surface area (Å²) in [5.74, 6) is -0.132. The van der Waals surface area contributed by atoms with Gasteiger partial charge >= 0.3 is 0 Å². The van der Waals surface area contributed by atoms with Gasteiger partial charge in [-0.25, -0.2) is 14.4 Å². The fourth-order valence-corrected chi connectivity index (χ4v) is 5.51. The van der Waals surface area contributed by atoms with Crippen molar-refractivity contribution in [3.63, 3.8) is 0 Å². The van der Waals surface area contributed by atoms with Crippen molar-refractivity contribution in [2.45, 2.75) is 57.5 Å². The van der Waals surface area contributed by atoms with Gasteiger partial charge in [0.05, 0.1) is 11.3 Å². The zero-order valence-electron chi connectivity index (χ0n) is 20.6. The lowest BCUT2D eigenvalue weighted by molar-refractivity contribution is 0.160. The number of aryl methyl sites for hydroxylation is 1. The number of fused-ring (bicyclic) bond motifs is 1. The van der Waals surface area contributed by atoms with E-state index in [1.165, 1.54) is 22.8 Å². The van der Waals surface area contributed by atoms with Crippen LogP contribution in [0.4, 0.5) is 4.39 Å². The molecule has 0 radical (unpaired) electrons. The van der Waals surface area contributed by atoms with Gasteiger partial charge in [-0.1, -0.05) is 0 Å². The molecule has 4 aromatic rings. The fraction of sp³-hybridized carbons (Fsp3) is 0.370. The average molecular weight is 476 g/mol. The van der Waals surface area contributed by atoms with E-state index in [1.807, 2.05) is 12.3 Å². The lowest BCUT2D eigenvalue weighted by Gasteiger charge is -2.46. The average Bonchev–Trinajstić information content (AvgIpc) is 3.15. The number of halogens is 1. The maximum Gasteiger partial charge on any atom is 0.250 e. The number of imidazole rings is 1. The van der Waals surface area contributed by atoms with Gasteiger partial charge in [0.25, 0.3) is 5.56 Å². The fourth-order valence-electron chi connectivity index (χ4n) is 5.51. The topological polar surface area (TPSA) is 84.4 Å². The Hall–Kier alpha value is -3.52. The first-order valence-corrected chi connectivity index (χ1v) is 11.8. The summed E-state index contributed by atoms with van der Waals surface area (Å²) in [6.07, 6.45) is 7.06. The third kappa shape index (κ3) is 4.46. The van der Waals surface area contributed by atoms with E-state index in [2.05, 4.69) is 38.0 Å². The molecule has 2 N–H and O–H groups in total. The zero-order chi connectivity index (χ0) is 25.1. The summed E-state index contributed by atoms with van der Waals surface area (Å²) in [4.78, 5) is 21.3. The van der Waals surface area contributed by atoms with E-state index in [0.29, 0.717) is 22.6 Å². The summed E-state index contributed by atoms with van der Waals surface area (Å²) in [7, 11) is 1.64. The van der Waals surface area contributed by atoms with Crippen molar-refractivity contribution < 1.29 is 9.50 Å². The molecule has 0 amide bonds. The van der Waals surface area contributed by atoms with Crippen LogP contribution in [0.25, 0.3) is 28.2 Å². The van der Waals surface area contributed by atoms with Gasteiger partial charge in [0, 0.05) is 54.4 Å². The first kappa shape index (κ1) is 23.2. The number of hydrogen-bond donors (Lipinski definition) is 2. The van der Waals surface area contributed by atoms with Gasteiger partial charge in [-0.15, -0.1) is 0 Å². The molecule has 1 aliphatic heterocycles. The van der Waals surface area contributed by atoms with Crippen LogP contribution in [0.15, 0.2) is 53.7 Å². The van der Waals surface area contributed by atoms with Crippen LogP contribution in [0, 0.1) is 5.82 Å². The summed E-state index contributed by atoms with van der Waals surface area (Å²) in [5, 5.41) is 14.4. The van der Waals surface area contributed by atoms with Gasteiger partial charge in [-0.2, -0.15) is 0 Å². The quantitative estimate of drug-likeness (QED) is 0.451. The number of nitrogens with one attached hydrogen (secondary N) is 1. The summed E-state index contributed by atoms with van der Waals surface area (Å²) in [5.41, 5.74) is 1.97. The second-order valence-electron chi connectivity index (χ2n) is 10.9. The lowest BCUT2D eigenvalue weighted by Crippen LogP contribution is -2.57. The minimum absolute atomic E-state index is 0.00812. The molecule has 1 aliphatic rings. The van der Waals surface area contributed by atoms with Crippen molar-refractivity contribution in [2.75, 3.05) is 0 Å². The van der Waals surface area contributed by atoms with Gasteiger partial charge in [0.2, 0.25) is 5.78 Å². The molecule has 182 valence electrons. The minimum Gasteiger partial charge on any atom is -0.507 e.